The summed E-state index contributed by atoms with van der Waals surface area (Å²) in [5, 5.41) is -0.373. The Morgan fingerprint density at radius 3 is 2.70 bits per heavy atom. The maximum atomic E-state index is 13.2. The number of nitrogen functional groups attached to an aromatic ring is 1. The molecule has 1 fully saturated rings. The van der Waals surface area contributed by atoms with E-state index in [1.807, 2.05) is 0 Å². The second-order valence-corrected chi connectivity index (χ2v) is 8.34. The molecule has 1 aliphatic rings. The molecule has 0 saturated heterocycles. The summed E-state index contributed by atoms with van der Waals surface area (Å²) in [4.78, 5) is 0. The van der Waals surface area contributed by atoms with E-state index in [1.165, 1.54) is 18.4 Å². The number of anilines is 1. The van der Waals surface area contributed by atoms with Gasteiger partial charge in [0, 0.05) is 18.7 Å². The number of hydrogen-bond acceptors (Lipinski definition) is 4. The molecule has 4 nitrogen and oxygen atoms in total. The normalized spacial score (nSPS) is 23.6. The zero-order valence-corrected chi connectivity index (χ0v) is 13.5. The number of halogens is 2. The van der Waals surface area contributed by atoms with Crippen molar-refractivity contribution in [2.45, 2.75) is 37.0 Å². The number of nitrogens with two attached hydrogens (primary N) is 1. The minimum atomic E-state index is -3.06. The summed E-state index contributed by atoms with van der Waals surface area (Å²) < 4.78 is 42.6. The molecule has 1 aliphatic carbocycles. The zero-order chi connectivity index (χ0) is 14.9. The first-order chi connectivity index (χ1) is 9.27. The van der Waals surface area contributed by atoms with Gasteiger partial charge in [0.2, 0.25) is 0 Å². The lowest BCUT2D eigenvalue weighted by molar-refractivity contribution is 0.156. The van der Waals surface area contributed by atoms with Crippen LogP contribution in [-0.2, 0) is 9.84 Å². The molecule has 0 amide bonds. The van der Waals surface area contributed by atoms with Crippen LogP contribution in [0.25, 0.3) is 0 Å². The van der Waals surface area contributed by atoms with Gasteiger partial charge in [0.25, 0.3) is 0 Å². The molecule has 0 aliphatic heterocycles. The predicted octanol–water partition coefficient (Wildman–Crippen LogP) is 2.91. The Balaban J connectivity index is 2.14. The Kier molecular flexibility index (Phi) is 4.59. The van der Waals surface area contributed by atoms with Gasteiger partial charge in [-0.25, -0.2) is 12.8 Å². The minimum absolute atomic E-state index is 0.207. The minimum Gasteiger partial charge on any atom is -0.487 e. The molecular weight excluding hydrogens is 349 g/mol. The number of ether oxygens (including phenoxy) is 1. The highest BCUT2D eigenvalue weighted by Crippen LogP contribution is 2.36. The Morgan fingerprint density at radius 1 is 1.40 bits per heavy atom. The molecule has 0 radical (unpaired) electrons. The van der Waals surface area contributed by atoms with Crippen LogP contribution in [-0.4, -0.2) is 26.0 Å². The van der Waals surface area contributed by atoms with E-state index in [-0.39, 0.29) is 17.0 Å². The Hall–Kier alpha value is -0.820. The largest absolute Gasteiger partial charge is 0.487 e. The third-order valence-electron chi connectivity index (χ3n) is 3.51. The van der Waals surface area contributed by atoms with Crippen LogP contribution in [0.4, 0.5) is 10.1 Å². The lowest BCUT2D eigenvalue weighted by Crippen LogP contribution is -2.33. The van der Waals surface area contributed by atoms with Crippen LogP contribution in [0.5, 0.6) is 5.75 Å². The van der Waals surface area contributed by atoms with Gasteiger partial charge in [0.15, 0.2) is 5.75 Å². The van der Waals surface area contributed by atoms with Crippen LogP contribution < -0.4 is 10.5 Å². The zero-order valence-electron chi connectivity index (χ0n) is 11.1. The quantitative estimate of drug-likeness (QED) is 0.836. The number of benzene rings is 1. The van der Waals surface area contributed by atoms with Crippen LogP contribution >= 0.6 is 15.9 Å². The lowest BCUT2D eigenvalue weighted by Gasteiger charge is -2.29. The SMILES string of the molecule is CS(=O)(=O)C1CCCC(Oc2c(N)cc(F)cc2Br)C1. The van der Waals surface area contributed by atoms with Gasteiger partial charge >= 0.3 is 0 Å². The van der Waals surface area contributed by atoms with Gasteiger partial charge in [-0.2, -0.15) is 0 Å². The van der Waals surface area contributed by atoms with Gasteiger partial charge < -0.3 is 10.5 Å². The van der Waals surface area contributed by atoms with Crippen molar-refractivity contribution in [1.82, 2.24) is 0 Å². The third kappa shape index (κ3) is 3.63. The molecule has 1 aromatic carbocycles. The number of hydrogen-bond donors (Lipinski definition) is 1. The standard InChI is InChI=1S/C13H17BrFNO3S/c1-20(17,18)10-4-2-3-9(7-10)19-13-11(14)5-8(15)6-12(13)16/h5-6,9-10H,2-4,7,16H2,1H3. The van der Waals surface area contributed by atoms with Gasteiger partial charge in [-0.1, -0.05) is 0 Å². The molecule has 0 heterocycles. The van der Waals surface area contributed by atoms with E-state index < -0.39 is 15.7 Å². The molecule has 2 unspecified atom stereocenters. The smallest absolute Gasteiger partial charge is 0.156 e. The van der Waals surface area contributed by atoms with Crippen molar-refractivity contribution >= 4 is 31.5 Å². The van der Waals surface area contributed by atoms with Gasteiger partial charge in [-0.15, -0.1) is 0 Å². The van der Waals surface area contributed by atoms with Crippen molar-refractivity contribution in [2.24, 2.45) is 0 Å². The second-order valence-electron chi connectivity index (χ2n) is 5.16. The second kappa shape index (κ2) is 5.89. The highest BCUT2D eigenvalue weighted by Gasteiger charge is 2.30. The fourth-order valence-electron chi connectivity index (χ4n) is 2.47. The molecule has 7 heteroatoms. The Morgan fingerprint density at radius 2 is 2.10 bits per heavy atom. The Bertz CT molecular complexity index is 583. The Labute approximate surface area is 126 Å². The molecule has 20 heavy (non-hydrogen) atoms. The first-order valence-corrected chi connectivity index (χ1v) is 9.12. The maximum absolute atomic E-state index is 13.2. The molecule has 0 bridgehead atoms. The summed E-state index contributed by atoms with van der Waals surface area (Å²) in [6.45, 7) is 0. The first-order valence-electron chi connectivity index (χ1n) is 6.37. The maximum Gasteiger partial charge on any atom is 0.156 e. The van der Waals surface area contributed by atoms with E-state index in [0.717, 1.165) is 12.8 Å². The van der Waals surface area contributed by atoms with Crippen LogP contribution in [0.3, 0.4) is 0 Å². The summed E-state index contributed by atoms with van der Waals surface area (Å²) in [6, 6.07) is 2.47. The van der Waals surface area contributed by atoms with Crippen molar-refractivity contribution in [3.05, 3.63) is 22.4 Å². The summed E-state index contributed by atoms with van der Waals surface area (Å²) in [5.74, 6) is -0.0649. The van der Waals surface area contributed by atoms with Gasteiger partial charge in [-0.3, -0.25) is 0 Å². The van der Waals surface area contributed by atoms with E-state index in [4.69, 9.17) is 10.5 Å². The van der Waals surface area contributed by atoms with Gasteiger partial charge in [0.1, 0.15) is 21.8 Å². The fraction of sp³-hybridized carbons (Fsp3) is 0.538. The molecular formula is C13H17BrFNO3S. The topological polar surface area (TPSA) is 69.4 Å². The fourth-order valence-corrected chi connectivity index (χ4v) is 4.17. The molecule has 2 N–H and O–H groups in total. The molecule has 1 saturated carbocycles. The van der Waals surface area contributed by atoms with Crippen LogP contribution in [0.15, 0.2) is 16.6 Å². The summed E-state index contributed by atoms with van der Waals surface area (Å²) in [5.41, 5.74) is 5.95. The summed E-state index contributed by atoms with van der Waals surface area (Å²) in [7, 11) is -3.06. The van der Waals surface area contributed by atoms with Crippen molar-refractivity contribution < 1.29 is 17.5 Å². The molecule has 2 rings (SSSR count). The molecule has 2 atom stereocenters. The third-order valence-corrected chi connectivity index (χ3v) is 5.73. The average molecular weight is 366 g/mol. The van der Waals surface area contributed by atoms with E-state index >= 15 is 0 Å². The number of rotatable bonds is 3. The average Bonchev–Trinajstić information content (AvgIpc) is 2.33. The molecule has 112 valence electrons. The predicted molar refractivity (Wildman–Crippen MR) is 80.0 cm³/mol. The monoisotopic (exact) mass is 365 g/mol. The van der Waals surface area contributed by atoms with E-state index in [9.17, 15) is 12.8 Å². The van der Waals surface area contributed by atoms with Gasteiger partial charge in [-0.05, 0) is 41.3 Å². The van der Waals surface area contributed by atoms with Crippen molar-refractivity contribution in [3.8, 4) is 5.75 Å². The highest BCUT2D eigenvalue weighted by atomic mass is 79.9. The first kappa shape index (κ1) is 15.6. The molecule has 1 aromatic rings. The lowest BCUT2D eigenvalue weighted by atomic mass is 9.97. The van der Waals surface area contributed by atoms with Crippen molar-refractivity contribution in [3.63, 3.8) is 0 Å². The van der Waals surface area contributed by atoms with Crippen LogP contribution in [0.1, 0.15) is 25.7 Å². The number of sulfone groups is 1. The molecule has 0 spiro atoms. The van der Waals surface area contributed by atoms with Crippen LogP contribution in [0, 0.1) is 5.82 Å². The van der Waals surface area contributed by atoms with E-state index in [2.05, 4.69) is 15.9 Å². The molecule has 0 aromatic heterocycles. The summed E-state index contributed by atoms with van der Waals surface area (Å²) in [6.07, 6.45) is 3.71. The van der Waals surface area contributed by atoms with Crippen molar-refractivity contribution in [2.75, 3.05) is 12.0 Å². The van der Waals surface area contributed by atoms with E-state index in [0.29, 0.717) is 23.1 Å². The van der Waals surface area contributed by atoms with Crippen molar-refractivity contribution in [1.29, 1.82) is 0 Å². The van der Waals surface area contributed by atoms with E-state index in [1.54, 1.807) is 0 Å². The van der Waals surface area contributed by atoms with Gasteiger partial charge in [0.05, 0.1) is 15.4 Å². The van der Waals surface area contributed by atoms with Crippen LogP contribution in [0.2, 0.25) is 0 Å². The summed E-state index contributed by atoms with van der Waals surface area (Å²) >= 11 is 3.22. The highest BCUT2D eigenvalue weighted by molar-refractivity contribution is 9.10.